The molecule has 2 rings (SSSR count). The van der Waals surface area contributed by atoms with Crippen molar-refractivity contribution in [3.8, 4) is 11.8 Å². The van der Waals surface area contributed by atoms with Crippen molar-refractivity contribution in [3.63, 3.8) is 0 Å². The Morgan fingerprint density at radius 2 is 2.12 bits per heavy atom. The maximum Gasteiger partial charge on any atom is 0.264 e. The van der Waals surface area contributed by atoms with Gasteiger partial charge >= 0.3 is 0 Å². The third kappa shape index (κ3) is 2.46. The summed E-state index contributed by atoms with van der Waals surface area (Å²) in [6.45, 7) is 0. The maximum absolute atomic E-state index is 11.3. The Morgan fingerprint density at radius 1 is 1.44 bits per heavy atom. The van der Waals surface area contributed by atoms with Crippen molar-refractivity contribution in [1.29, 1.82) is 5.26 Å². The van der Waals surface area contributed by atoms with Crippen molar-refractivity contribution in [3.05, 3.63) is 23.8 Å². The van der Waals surface area contributed by atoms with Gasteiger partial charge in [0.2, 0.25) is 0 Å². The van der Waals surface area contributed by atoms with Crippen LogP contribution in [0, 0.1) is 11.3 Å². The van der Waals surface area contributed by atoms with Crippen LogP contribution in [0.5, 0.6) is 5.75 Å². The quantitative estimate of drug-likeness (QED) is 0.777. The average Bonchev–Trinajstić information content (AvgIpc) is 3.00. The fraction of sp³-hybridized carbons (Fsp3) is 0.300. The zero-order chi connectivity index (χ0) is 11.8. The van der Waals surface area contributed by atoms with E-state index in [0.717, 1.165) is 12.8 Å². The molecule has 0 saturated heterocycles. The van der Waals surface area contributed by atoms with Crippen molar-refractivity contribution >= 4 is 19.7 Å². The molecule has 0 heterocycles. The molecule has 0 amide bonds. The van der Waals surface area contributed by atoms with E-state index in [9.17, 15) is 8.42 Å². The molecule has 0 aromatic heterocycles. The number of benzene rings is 1. The third-order valence-electron chi connectivity index (χ3n) is 2.15. The first-order valence-corrected chi connectivity index (χ1v) is 6.97. The maximum atomic E-state index is 11.3. The van der Waals surface area contributed by atoms with Gasteiger partial charge in [-0.2, -0.15) is 5.26 Å². The van der Waals surface area contributed by atoms with Crippen molar-refractivity contribution < 1.29 is 13.2 Å². The largest absolute Gasteiger partial charge is 0.489 e. The SMILES string of the molecule is N#Cc1ccc(S(=O)(=O)Cl)c(OC2CC2)c1. The zero-order valence-corrected chi connectivity index (χ0v) is 9.75. The lowest BCUT2D eigenvalue weighted by Gasteiger charge is -2.08. The van der Waals surface area contributed by atoms with Crippen LogP contribution in [0.2, 0.25) is 0 Å². The summed E-state index contributed by atoms with van der Waals surface area (Å²) in [6.07, 6.45) is 1.85. The predicted octanol–water partition coefficient (Wildman–Crippen LogP) is 2.03. The summed E-state index contributed by atoms with van der Waals surface area (Å²) in [7, 11) is 1.43. The lowest BCUT2D eigenvalue weighted by atomic mass is 10.2. The van der Waals surface area contributed by atoms with Gasteiger partial charge in [0, 0.05) is 10.7 Å². The molecule has 16 heavy (non-hydrogen) atoms. The highest BCUT2D eigenvalue weighted by molar-refractivity contribution is 8.13. The minimum Gasteiger partial charge on any atom is -0.489 e. The van der Waals surface area contributed by atoms with Crippen LogP contribution < -0.4 is 4.74 Å². The fourth-order valence-corrected chi connectivity index (χ4v) is 2.20. The summed E-state index contributed by atoms with van der Waals surface area (Å²) >= 11 is 0. The summed E-state index contributed by atoms with van der Waals surface area (Å²) in [5, 5.41) is 8.72. The van der Waals surface area contributed by atoms with Crippen LogP contribution in [-0.4, -0.2) is 14.5 Å². The second kappa shape index (κ2) is 3.96. The number of rotatable bonds is 3. The van der Waals surface area contributed by atoms with Gasteiger partial charge in [-0.3, -0.25) is 0 Å². The van der Waals surface area contributed by atoms with Crippen LogP contribution in [0.1, 0.15) is 18.4 Å². The zero-order valence-electron chi connectivity index (χ0n) is 8.18. The van der Waals surface area contributed by atoms with Gasteiger partial charge in [-0.1, -0.05) is 0 Å². The standard InChI is InChI=1S/C10H8ClNO3S/c11-16(13,14)10-4-1-7(6-12)5-9(10)15-8-2-3-8/h1,4-5,8H,2-3H2. The number of ether oxygens (including phenoxy) is 1. The molecule has 1 saturated carbocycles. The van der Waals surface area contributed by atoms with Gasteiger partial charge in [-0.05, 0) is 31.0 Å². The first kappa shape index (κ1) is 11.2. The first-order valence-electron chi connectivity index (χ1n) is 4.66. The number of hydrogen-bond donors (Lipinski definition) is 0. The molecule has 0 bridgehead atoms. The normalized spacial score (nSPS) is 15.5. The second-order valence-electron chi connectivity index (χ2n) is 3.53. The Bertz CT molecular complexity index is 558. The van der Waals surface area contributed by atoms with E-state index in [0.29, 0.717) is 5.56 Å². The molecule has 0 unspecified atom stereocenters. The molecule has 0 spiro atoms. The second-order valence-corrected chi connectivity index (χ2v) is 6.06. The predicted molar refractivity (Wildman–Crippen MR) is 57.8 cm³/mol. The molecular formula is C10H8ClNO3S. The third-order valence-corrected chi connectivity index (χ3v) is 3.51. The molecule has 1 fully saturated rings. The highest BCUT2D eigenvalue weighted by Crippen LogP contribution is 2.33. The lowest BCUT2D eigenvalue weighted by Crippen LogP contribution is -2.02. The molecule has 0 N–H and O–H groups in total. The summed E-state index contributed by atoms with van der Waals surface area (Å²) in [6, 6.07) is 6.01. The van der Waals surface area contributed by atoms with Gasteiger partial charge in [0.05, 0.1) is 17.7 Å². The Hall–Kier alpha value is -1.25. The Morgan fingerprint density at radius 3 is 2.62 bits per heavy atom. The number of hydrogen-bond acceptors (Lipinski definition) is 4. The van der Waals surface area contributed by atoms with Crippen LogP contribution >= 0.6 is 10.7 Å². The van der Waals surface area contributed by atoms with Gasteiger partial charge in [0.15, 0.2) is 0 Å². The highest BCUT2D eigenvalue weighted by Gasteiger charge is 2.27. The minimum absolute atomic E-state index is 0.0473. The van der Waals surface area contributed by atoms with Gasteiger partial charge in [0.25, 0.3) is 9.05 Å². The van der Waals surface area contributed by atoms with Crippen LogP contribution in [0.15, 0.2) is 23.1 Å². The first-order chi connectivity index (χ1) is 7.50. The van der Waals surface area contributed by atoms with Crippen LogP contribution in [0.3, 0.4) is 0 Å². The van der Waals surface area contributed by atoms with Crippen molar-refractivity contribution in [2.24, 2.45) is 0 Å². The Balaban J connectivity index is 2.47. The van der Waals surface area contributed by atoms with E-state index in [-0.39, 0.29) is 16.7 Å². The van der Waals surface area contributed by atoms with Gasteiger partial charge in [-0.25, -0.2) is 8.42 Å². The number of nitrogens with zero attached hydrogens (tertiary/aromatic N) is 1. The van der Waals surface area contributed by atoms with Gasteiger partial charge in [0.1, 0.15) is 10.6 Å². The number of halogens is 1. The Labute approximate surface area is 97.8 Å². The summed E-state index contributed by atoms with van der Waals surface area (Å²) in [5.74, 6) is 0.163. The monoisotopic (exact) mass is 257 g/mol. The Kier molecular flexibility index (Phi) is 2.78. The molecule has 84 valence electrons. The highest BCUT2D eigenvalue weighted by atomic mass is 35.7. The smallest absolute Gasteiger partial charge is 0.264 e. The van der Waals surface area contributed by atoms with E-state index in [1.165, 1.54) is 18.2 Å². The molecule has 1 aliphatic rings. The van der Waals surface area contributed by atoms with Gasteiger partial charge in [-0.15, -0.1) is 0 Å². The molecular weight excluding hydrogens is 250 g/mol. The van der Waals surface area contributed by atoms with Crippen molar-refractivity contribution in [2.45, 2.75) is 23.8 Å². The minimum atomic E-state index is -3.84. The van der Waals surface area contributed by atoms with Crippen LogP contribution in [-0.2, 0) is 9.05 Å². The summed E-state index contributed by atoms with van der Waals surface area (Å²) < 4.78 is 27.9. The molecule has 6 heteroatoms. The van der Waals surface area contributed by atoms with Crippen LogP contribution in [0.25, 0.3) is 0 Å². The van der Waals surface area contributed by atoms with Crippen LogP contribution in [0.4, 0.5) is 0 Å². The van der Waals surface area contributed by atoms with E-state index >= 15 is 0 Å². The van der Waals surface area contributed by atoms with E-state index < -0.39 is 9.05 Å². The van der Waals surface area contributed by atoms with E-state index in [1.807, 2.05) is 6.07 Å². The average molecular weight is 258 g/mol. The molecule has 0 aliphatic heterocycles. The number of nitriles is 1. The van der Waals surface area contributed by atoms with Gasteiger partial charge < -0.3 is 4.74 Å². The van der Waals surface area contributed by atoms with E-state index in [1.54, 1.807) is 0 Å². The molecule has 4 nitrogen and oxygen atoms in total. The fourth-order valence-electron chi connectivity index (χ4n) is 1.24. The molecule has 1 aliphatic carbocycles. The van der Waals surface area contributed by atoms with E-state index in [4.69, 9.17) is 20.7 Å². The molecule has 0 radical (unpaired) electrons. The molecule has 1 aromatic rings. The summed E-state index contributed by atoms with van der Waals surface area (Å²) in [4.78, 5) is -0.0833. The molecule has 1 aromatic carbocycles. The van der Waals surface area contributed by atoms with Crippen molar-refractivity contribution in [1.82, 2.24) is 0 Å². The van der Waals surface area contributed by atoms with E-state index in [2.05, 4.69) is 0 Å². The topological polar surface area (TPSA) is 67.2 Å². The molecule has 0 atom stereocenters. The van der Waals surface area contributed by atoms with Crippen molar-refractivity contribution in [2.75, 3.05) is 0 Å². The lowest BCUT2D eigenvalue weighted by molar-refractivity contribution is 0.295. The summed E-state index contributed by atoms with van der Waals surface area (Å²) in [5.41, 5.74) is 0.347.